The molecule has 1 amide bonds. The Morgan fingerprint density at radius 3 is 2.33 bits per heavy atom. The molecule has 0 saturated heterocycles. The highest BCUT2D eigenvalue weighted by Gasteiger charge is 2.29. The fourth-order valence-corrected chi connectivity index (χ4v) is 4.31. The maximum atomic E-state index is 11.5. The molecule has 0 aromatic rings. The Kier molecular flexibility index (Phi) is 11.6. The summed E-state index contributed by atoms with van der Waals surface area (Å²) in [6.07, 6.45) is 0.489. The summed E-state index contributed by atoms with van der Waals surface area (Å²) in [6, 6.07) is 0.869. The molecule has 21 heavy (non-hydrogen) atoms. The number of carbonyl (C=O) groups is 1. The van der Waals surface area contributed by atoms with Gasteiger partial charge < -0.3 is 23.8 Å². The van der Waals surface area contributed by atoms with E-state index in [1.807, 2.05) is 20.9 Å². The summed E-state index contributed by atoms with van der Waals surface area (Å²) in [5, 5.41) is 2.76. The Morgan fingerprint density at radius 1 is 1.19 bits per heavy atom. The van der Waals surface area contributed by atoms with Crippen molar-refractivity contribution < 1.29 is 18.4 Å². The largest absolute Gasteiger partial charge is 0.448 e. The van der Waals surface area contributed by atoms with Crippen molar-refractivity contribution in [1.29, 1.82) is 0 Å². The summed E-state index contributed by atoms with van der Waals surface area (Å²) < 4.78 is 16.6. The minimum atomic E-state index is -2.07. The average Bonchev–Trinajstić information content (AvgIpc) is 2.44. The first-order chi connectivity index (χ1) is 9.97. The summed E-state index contributed by atoms with van der Waals surface area (Å²) in [7, 11) is -0.0712. The molecule has 0 aliphatic rings. The number of amides is 1. The van der Waals surface area contributed by atoms with Crippen LogP contribution in [-0.2, 0) is 13.6 Å². The van der Waals surface area contributed by atoms with Gasteiger partial charge in [-0.25, -0.2) is 4.79 Å². The molecule has 0 aliphatic heterocycles. The number of carbonyl (C=O) groups excluding carboxylic acids is 1. The van der Waals surface area contributed by atoms with Gasteiger partial charge in [-0.15, -0.1) is 0 Å². The van der Waals surface area contributed by atoms with Gasteiger partial charge in [-0.2, -0.15) is 0 Å². The van der Waals surface area contributed by atoms with Crippen molar-refractivity contribution in [3.05, 3.63) is 0 Å². The summed E-state index contributed by atoms with van der Waals surface area (Å²) in [6.45, 7) is 12.1. The van der Waals surface area contributed by atoms with E-state index in [1.165, 1.54) is 0 Å². The standard InChI is InChI=1S/C14H32N2O4Si/c1-6-16(4)11-12-18-14(17)15-10-9-13-21(5,19-7-2)20-8-3/h6-13H2,1-5H3,(H,15,17). The summed E-state index contributed by atoms with van der Waals surface area (Å²) in [5.74, 6) is 0. The predicted molar refractivity (Wildman–Crippen MR) is 86.8 cm³/mol. The molecule has 0 aliphatic carbocycles. The van der Waals surface area contributed by atoms with Crippen molar-refractivity contribution in [2.24, 2.45) is 0 Å². The monoisotopic (exact) mass is 320 g/mol. The van der Waals surface area contributed by atoms with Crippen LogP contribution in [0.3, 0.4) is 0 Å². The number of nitrogens with zero attached hydrogens (tertiary/aromatic N) is 1. The molecule has 0 unspecified atom stereocenters. The maximum absolute atomic E-state index is 11.5. The molecule has 0 atom stereocenters. The van der Waals surface area contributed by atoms with Crippen molar-refractivity contribution >= 4 is 14.7 Å². The Bertz CT molecular complexity index is 274. The topological polar surface area (TPSA) is 60.0 Å². The van der Waals surface area contributed by atoms with E-state index in [2.05, 4.69) is 23.7 Å². The summed E-state index contributed by atoms with van der Waals surface area (Å²) >= 11 is 0. The second-order valence-electron chi connectivity index (χ2n) is 5.06. The van der Waals surface area contributed by atoms with Crippen LogP contribution in [0, 0.1) is 0 Å². The van der Waals surface area contributed by atoms with Gasteiger partial charge in [-0.3, -0.25) is 0 Å². The highest BCUT2D eigenvalue weighted by atomic mass is 28.4. The lowest BCUT2D eigenvalue weighted by molar-refractivity contribution is 0.133. The number of hydrogen-bond acceptors (Lipinski definition) is 5. The molecule has 0 saturated carbocycles. The van der Waals surface area contributed by atoms with Gasteiger partial charge in [0, 0.05) is 26.3 Å². The fraction of sp³-hybridized carbons (Fsp3) is 0.929. The van der Waals surface area contributed by atoms with Crippen LogP contribution in [-0.4, -0.2) is 66.1 Å². The lowest BCUT2D eigenvalue weighted by Crippen LogP contribution is -2.39. The van der Waals surface area contributed by atoms with Crippen molar-refractivity contribution in [2.45, 2.75) is 39.8 Å². The van der Waals surface area contributed by atoms with Gasteiger partial charge in [0.05, 0.1) is 0 Å². The normalized spacial score (nSPS) is 11.7. The van der Waals surface area contributed by atoms with Crippen LogP contribution in [0.15, 0.2) is 0 Å². The molecule has 0 radical (unpaired) electrons. The minimum absolute atomic E-state index is 0.351. The molecule has 0 aromatic carbocycles. The molecule has 0 heterocycles. The van der Waals surface area contributed by atoms with Gasteiger partial charge in [0.25, 0.3) is 0 Å². The molecule has 7 heteroatoms. The number of nitrogens with one attached hydrogen (secondary N) is 1. The number of hydrogen-bond donors (Lipinski definition) is 1. The third-order valence-corrected chi connectivity index (χ3v) is 6.28. The van der Waals surface area contributed by atoms with Crippen LogP contribution in [0.5, 0.6) is 0 Å². The van der Waals surface area contributed by atoms with Crippen LogP contribution in [0.25, 0.3) is 0 Å². The van der Waals surface area contributed by atoms with Gasteiger partial charge in [0.15, 0.2) is 0 Å². The van der Waals surface area contributed by atoms with Gasteiger partial charge in [-0.1, -0.05) is 6.92 Å². The van der Waals surface area contributed by atoms with Gasteiger partial charge >= 0.3 is 14.7 Å². The van der Waals surface area contributed by atoms with Crippen molar-refractivity contribution in [3.8, 4) is 0 Å². The summed E-state index contributed by atoms with van der Waals surface area (Å²) in [5.41, 5.74) is 0. The van der Waals surface area contributed by atoms with E-state index in [9.17, 15) is 4.79 Å². The third-order valence-electron chi connectivity index (χ3n) is 3.22. The number of alkyl carbamates (subject to hydrolysis) is 1. The fourth-order valence-electron chi connectivity index (χ4n) is 1.90. The highest BCUT2D eigenvalue weighted by Crippen LogP contribution is 2.15. The molecule has 0 fully saturated rings. The first kappa shape index (κ1) is 20.4. The zero-order chi connectivity index (χ0) is 16.1. The van der Waals surface area contributed by atoms with E-state index >= 15 is 0 Å². The second kappa shape index (κ2) is 12.0. The van der Waals surface area contributed by atoms with Crippen LogP contribution in [0.1, 0.15) is 27.2 Å². The number of likely N-dealkylation sites (N-methyl/N-ethyl adjacent to an activating group) is 1. The zero-order valence-corrected chi connectivity index (χ0v) is 15.2. The van der Waals surface area contributed by atoms with E-state index in [0.717, 1.165) is 25.6 Å². The van der Waals surface area contributed by atoms with Crippen LogP contribution in [0.2, 0.25) is 12.6 Å². The Balaban J connectivity index is 3.75. The second-order valence-corrected chi connectivity index (χ2v) is 8.41. The molecule has 1 N–H and O–H groups in total. The Hall–Kier alpha value is -0.633. The smallest absolute Gasteiger partial charge is 0.407 e. The van der Waals surface area contributed by atoms with E-state index in [1.54, 1.807) is 0 Å². The van der Waals surface area contributed by atoms with E-state index in [4.69, 9.17) is 13.6 Å². The van der Waals surface area contributed by atoms with Gasteiger partial charge in [0.1, 0.15) is 6.61 Å². The molecule has 0 spiro atoms. The Morgan fingerprint density at radius 2 is 1.81 bits per heavy atom. The molecule has 126 valence electrons. The van der Waals surface area contributed by atoms with E-state index in [0.29, 0.717) is 26.4 Å². The molecule has 0 rings (SSSR count). The van der Waals surface area contributed by atoms with Crippen molar-refractivity contribution in [1.82, 2.24) is 10.2 Å². The van der Waals surface area contributed by atoms with Crippen LogP contribution < -0.4 is 5.32 Å². The molecular weight excluding hydrogens is 288 g/mol. The van der Waals surface area contributed by atoms with Crippen LogP contribution >= 0.6 is 0 Å². The molecule has 6 nitrogen and oxygen atoms in total. The minimum Gasteiger partial charge on any atom is -0.448 e. The third kappa shape index (κ3) is 10.7. The van der Waals surface area contributed by atoms with Crippen LogP contribution in [0.4, 0.5) is 4.79 Å². The molecule has 0 aromatic heterocycles. The predicted octanol–water partition coefficient (Wildman–Crippen LogP) is 2.20. The Labute approximate surface area is 130 Å². The maximum Gasteiger partial charge on any atom is 0.407 e. The molecule has 0 bridgehead atoms. The zero-order valence-electron chi connectivity index (χ0n) is 14.2. The van der Waals surface area contributed by atoms with Crippen molar-refractivity contribution in [2.75, 3.05) is 46.5 Å². The van der Waals surface area contributed by atoms with Gasteiger partial charge in [0.2, 0.25) is 0 Å². The number of rotatable bonds is 12. The first-order valence-corrected chi connectivity index (χ1v) is 10.4. The van der Waals surface area contributed by atoms with Crippen molar-refractivity contribution in [3.63, 3.8) is 0 Å². The SMILES string of the molecule is CCO[Si](C)(CCCNC(=O)OCCN(C)CC)OCC. The van der Waals surface area contributed by atoms with Gasteiger partial charge in [-0.05, 0) is 46.5 Å². The average molecular weight is 321 g/mol. The lowest BCUT2D eigenvalue weighted by Gasteiger charge is -2.25. The summed E-state index contributed by atoms with van der Waals surface area (Å²) in [4.78, 5) is 13.6. The highest BCUT2D eigenvalue weighted by molar-refractivity contribution is 6.66. The lowest BCUT2D eigenvalue weighted by atomic mass is 10.5. The first-order valence-electron chi connectivity index (χ1n) is 7.84. The quantitative estimate of drug-likeness (QED) is 0.441. The molecular formula is C14H32N2O4Si. The number of ether oxygens (including phenoxy) is 1. The van der Waals surface area contributed by atoms with E-state index in [-0.39, 0.29) is 6.09 Å². The van der Waals surface area contributed by atoms with E-state index < -0.39 is 8.56 Å².